The lowest BCUT2D eigenvalue weighted by Gasteiger charge is -2.03. The molecule has 0 amide bonds. The SMILES string of the molecule is CCCCCCCC(=NC)NC. The largest absolute Gasteiger partial charge is 0.377 e. The second-order valence-corrected chi connectivity index (χ2v) is 3.08. The van der Waals surface area contributed by atoms with Crippen molar-refractivity contribution >= 4 is 5.84 Å². The Morgan fingerprint density at radius 1 is 1.17 bits per heavy atom. The van der Waals surface area contributed by atoms with Gasteiger partial charge in [0.15, 0.2) is 0 Å². The maximum atomic E-state index is 4.13. The van der Waals surface area contributed by atoms with Gasteiger partial charge in [-0.1, -0.05) is 32.6 Å². The van der Waals surface area contributed by atoms with Crippen molar-refractivity contribution in [1.29, 1.82) is 0 Å². The first-order chi connectivity index (χ1) is 5.85. The van der Waals surface area contributed by atoms with Crippen LogP contribution in [0.5, 0.6) is 0 Å². The van der Waals surface area contributed by atoms with E-state index in [1.54, 1.807) is 0 Å². The molecule has 0 heterocycles. The molecule has 0 rings (SSSR count). The highest BCUT2D eigenvalue weighted by Crippen LogP contribution is 2.04. The smallest absolute Gasteiger partial charge is 0.0956 e. The van der Waals surface area contributed by atoms with Crippen LogP contribution in [0.25, 0.3) is 0 Å². The Labute approximate surface area is 76.5 Å². The molecule has 2 heteroatoms. The van der Waals surface area contributed by atoms with Crippen LogP contribution in [-0.4, -0.2) is 19.9 Å². The standard InChI is InChI=1S/C10H22N2/c1-4-5-6-7-8-9-10(11-2)12-3/h4-9H2,1-3H3,(H,11,12). The van der Waals surface area contributed by atoms with Crippen LogP contribution in [-0.2, 0) is 0 Å². The van der Waals surface area contributed by atoms with Crippen molar-refractivity contribution in [3.8, 4) is 0 Å². The second kappa shape index (κ2) is 8.57. The fraction of sp³-hybridized carbons (Fsp3) is 0.900. The highest BCUT2D eigenvalue weighted by atomic mass is 14.9. The van der Waals surface area contributed by atoms with Gasteiger partial charge in [-0.2, -0.15) is 0 Å². The number of hydrogen-bond donors (Lipinski definition) is 1. The molecular formula is C10H22N2. The molecule has 12 heavy (non-hydrogen) atoms. The van der Waals surface area contributed by atoms with E-state index in [1.807, 2.05) is 14.1 Å². The van der Waals surface area contributed by atoms with Gasteiger partial charge < -0.3 is 5.32 Å². The van der Waals surface area contributed by atoms with Crippen LogP contribution in [0.3, 0.4) is 0 Å². The van der Waals surface area contributed by atoms with Gasteiger partial charge in [-0.15, -0.1) is 0 Å². The molecule has 0 radical (unpaired) electrons. The average molecular weight is 170 g/mol. The average Bonchev–Trinajstić information content (AvgIpc) is 2.11. The fourth-order valence-electron chi connectivity index (χ4n) is 1.24. The van der Waals surface area contributed by atoms with Crippen LogP contribution in [0, 0.1) is 0 Å². The minimum absolute atomic E-state index is 1.11. The van der Waals surface area contributed by atoms with Crippen molar-refractivity contribution in [1.82, 2.24) is 5.32 Å². The van der Waals surface area contributed by atoms with E-state index in [1.165, 1.54) is 32.1 Å². The molecule has 0 aliphatic carbocycles. The number of nitrogens with zero attached hydrogens (tertiary/aromatic N) is 1. The third kappa shape index (κ3) is 6.20. The normalized spacial score (nSPS) is 11.8. The third-order valence-corrected chi connectivity index (χ3v) is 2.08. The molecule has 0 atom stereocenters. The Morgan fingerprint density at radius 3 is 2.33 bits per heavy atom. The maximum absolute atomic E-state index is 4.13. The summed E-state index contributed by atoms with van der Waals surface area (Å²) in [6.07, 6.45) is 7.79. The Bertz CT molecular complexity index is 119. The van der Waals surface area contributed by atoms with E-state index in [0.29, 0.717) is 0 Å². The molecule has 72 valence electrons. The highest BCUT2D eigenvalue weighted by molar-refractivity contribution is 5.81. The van der Waals surface area contributed by atoms with Gasteiger partial charge in [-0.05, 0) is 6.42 Å². The molecule has 1 N–H and O–H groups in total. The molecule has 0 aromatic heterocycles. The van der Waals surface area contributed by atoms with Crippen LogP contribution in [0.4, 0.5) is 0 Å². The lowest BCUT2D eigenvalue weighted by atomic mass is 10.1. The van der Waals surface area contributed by atoms with E-state index in [0.717, 1.165) is 12.3 Å². The van der Waals surface area contributed by atoms with Crippen molar-refractivity contribution in [2.75, 3.05) is 14.1 Å². The van der Waals surface area contributed by atoms with Gasteiger partial charge in [0.2, 0.25) is 0 Å². The lowest BCUT2D eigenvalue weighted by Crippen LogP contribution is -2.17. The van der Waals surface area contributed by atoms with Crippen LogP contribution < -0.4 is 5.32 Å². The molecule has 0 aliphatic heterocycles. The van der Waals surface area contributed by atoms with Crippen LogP contribution in [0.1, 0.15) is 45.4 Å². The number of amidine groups is 1. The monoisotopic (exact) mass is 170 g/mol. The summed E-state index contributed by atoms with van der Waals surface area (Å²) in [5, 5.41) is 3.09. The van der Waals surface area contributed by atoms with E-state index >= 15 is 0 Å². The molecule has 0 saturated carbocycles. The van der Waals surface area contributed by atoms with Gasteiger partial charge in [0, 0.05) is 20.5 Å². The predicted octanol–water partition coefficient (Wildman–Crippen LogP) is 2.59. The molecule has 0 spiro atoms. The summed E-state index contributed by atoms with van der Waals surface area (Å²) >= 11 is 0. The van der Waals surface area contributed by atoms with Gasteiger partial charge in [0.25, 0.3) is 0 Å². The number of rotatable bonds is 6. The highest BCUT2D eigenvalue weighted by Gasteiger charge is 1.94. The second-order valence-electron chi connectivity index (χ2n) is 3.08. The summed E-state index contributed by atoms with van der Waals surface area (Å²) in [5.74, 6) is 1.13. The van der Waals surface area contributed by atoms with E-state index < -0.39 is 0 Å². The maximum Gasteiger partial charge on any atom is 0.0956 e. The Morgan fingerprint density at radius 2 is 1.83 bits per heavy atom. The van der Waals surface area contributed by atoms with Gasteiger partial charge >= 0.3 is 0 Å². The molecule has 0 aliphatic rings. The summed E-state index contributed by atoms with van der Waals surface area (Å²) in [6, 6.07) is 0. The molecule has 2 nitrogen and oxygen atoms in total. The summed E-state index contributed by atoms with van der Waals surface area (Å²) < 4.78 is 0. The summed E-state index contributed by atoms with van der Waals surface area (Å²) in [7, 11) is 3.78. The summed E-state index contributed by atoms with van der Waals surface area (Å²) in [5.41, 5.74) is 0. The molecular weight excluding hydrogens is 148 g/mol. The number of hydrogen-bond acceptors (Lipinski definition) is 1. The quantitative estimate of drug-likeness (QED) is 0.370. The zero-order chi connectivity index (χ0) is 9.23. The van der Waals surface area contributed by atoms with Crippen LogP contribution in [0.2, 0.25) is 0 Å². The van der Waals surface area contributed by atoms with E-state index in [4.69, 9.17) is 0 Å². The van der Waals surface area contributed by atoms with Crippen molar-refractivity contribution in [2.24, 2.45) is 4.99 Å². The Hall–Kier alpha value is -0.530. The molecule has 0 unspecified atom stereocenters. The minimum atomic E-state index is 1.11. The third-order valence-electron chi connectivity index (χ3n) is 2.08. The predicted molar refractivity (Wildman–Crippen MR) is 55.8 cm³/mol. The number of aliphatic imine (C=N–C) groups is 1. The minimum Gasteiger partial charge on any atom is -0.377 e. The molecule has 0 bridgehead atoms. The Kier molecular flexibility index (Phi) is 8.19. The molecule has 0 fully saturated rings. The van der Waals surface area contributed by atoms with Gasteiger partial charge in [-0.25, -0.2) is 0 Å². The first-order valence-electron chi connectivity index (χ1n) is 4.98. The van der Waals surface area contributed by atoms with E-state index in [2.05, 4.69) is 17.2 Å². The number of unbranched alkanes of at least 4 members (excludes halogenated alkanes) is 4. The topological polar surface area (TPSA) is 24.4 Å². The van der Waals surface area contributed by atoms with E-state index in [9.17, 15) is 0 Å². The number of nitrogens with one attached hydrogen (secondary N) is 1. The molecule has 0 aromatic rings. The summed E-state index contributed by atoms with van der Waals surface area (Å²) in [4.78, 5) is 4.13. The van der Waals surface area contributed by atoms with Crippen molar-refractivity contribution < 1.29 is 0 Å². The fourth-order valence-corrected chi connectivity index (χ4v) is 1.24. The van der Waals surface area contributed by atoms with Crippen LogP contribution >= 0.6 is 0 Å². The zero-order valence-electron chi connectivity index (χ0n) is 8.69. The van der Waals surface area contributed by atoms with Gasteiger partial charge in [0.05, 0.1) is 5.84 Å². The van der Waals surface area contributed by atoms with Gasteiger partial charge in [-0.3, -0.25) is 4.99 Å². The Balaban J connectivity index is 3.18. The lowest BCUT2D eigenvalue weighted by molar-refractivity contribution is 0.640. The van der Waals surface area contributed by atoms with Crippen molar-refractivity contribution in [3.63, 3.8) is 0 Å². The molecule has 0 saturated heterocycles. The van der Waals surface area contributed by atoms with E-state index in [-0.39, 0.29) is 0 Å². The van der Waals surface area contributed by atoms with Crippen molar-refractivity contribution in [2.45, 2.75) is 45.4 Å². The van der Waals surface area contributed by atoms with Gasteiger partial charge in [0.1, 0.15) is 0 Å². The zero-order valence-corrected chi connectivity index (χ0v) is 8.69. The van der Waals surface area contributed by atoms with Crippen LogP contribution in [0.15, 0.2) is 4.99 Å². The van der Waals surface area contributed by atoms with Crippen molar-refractivity contribution in [3.05, 3.63) is 0 Å². The first kappa shape index (κ1) is 11.5. The molecule has 0 aromatic carbocycles. The summed E-state index contributed by atoms with van der Waals surface area (Å²) in [6.45, 7) is 2.24. The first-order valence-corrected chi connectivity index (χ1v) is 4.98.